The van der Waals surface area contributed by atoms with E-state index in [1.807, 2.05) is 0 Å². The number of aromatic amines is 1. The van der Waals surface area contributed by atoms with Crippen molar-refractivity contribution < 1.29 is 9.53 Å². The van der Waals surface area contributed by atoms with Gasteiger partial charge in [0.15, 0.2) is 0 Å². The zero-order valence-electron chi connectivity index (χ0n) is 8.41. The number of rotatable bonds is 2. The van der Waals surface area contributed by atoms with Gasteiger partial charge in [0.1, 0.15) is 5.75 Å². The van der Waals surface area contributed by atoms with Gasteiger partial charge < -0.3 is 9.72 Å². The zero-order valence-corrected chi connectivity index (χ0v) is 9.17. The average molecular weight is 238 g/mol. The molecule has 2 aromatic rings. The van der Waals surface area contributed by atoms with Crippen LogP contribution in [0.3, 0.4) is 0 Å². The molecule has 4 nitrogen and oxygen atoms in total. The molecule has 5 heteroatoms. The number of pyridine rings is 1. The van der Waals surface area contributed by atoms with Crippen LogP contribution < -0.4 is 10.2 Å². The molecule has 0 atom stereocenters. The summed E-state index contributed by atoms with van der Waals surface area (Å²) in [6, 6.07) is 5.00. The molecule has 1 heterocycles. The predicted molar refractivity (Wildman–Crippen MR) is 61.3 cm³/mol. The number of fused-ring (bicyclic) bond motifs is 1. The highest BCUT2D eigenvalue weighted by molar-refractivity contribution is 6.67. The maximum absolute atomic E-state index is 11.9. The third-order valence-electron chi connectivity index (χ3n) is 2.30. The molecule has 1 N–H and O–H groups in total. The Balaban J connectivity index is 2.81. The van der Waals surface area contributed by atoms with E-state index >= 15 is 0 Å². The quantitative estimate of drug-likeness (QED) is 0.812. The fourth-order valence-electron chi connectivity index (χ4n) is 1.47. The number of nitrogens with one attached hydrogen (secondary N) is 1. The summed E-state index contributed by atoms with van der Waals surface area (Å²) in [7, 11) is 1.51. The summed E-state index contributed by atoms with van der Waals surface area (Å²) in [5.74, 6) is 0.553. The van der Waals surface area contributed by atoms with Crippen molar-refractivity contribution in [1.82, 2.24) is 4.98 Å². The molecule has 0 unspecified atom stereocenters. The molecule has 2 rings (SSSR count). The molecule has 0 aliphatic rings. The third-order valence-corrected chi connectivity index (χ3v) is 2.50. The number of carbonyl (C=O) groups excluding carboxylic acids is 1. The van der Waals surface area contributed by atoms with Crippen LogP contribution >= 0.6 is 11.6 Å². The lowest BCUT2D eigenvalue weighted by atomic mass is 10.1. The molecule has 0 saturated carbocycles. The number of aromatic nitrogens is 1. The van der Waals surface area contributed by atoms with E-state index in [0.717, 1.165) is 0 Å². The number of halogens is 1. The molecule has 0 bridgehead atoms. The predicted octanol–water partition coefficient (Wildman–Crippen LogP) is 1.92. The van der Waals surface area contributed by atoms with Gasteiger partial charge in [0.2, 0.25) is 5.43 Å². The Hall–Kier alpha value is -1.81. The number of carbonyl (C=O) groups is 1. The Morgan fingerprint density at radius 2 is 2.19 bits per heavy atom. The van der Waals surface area contributed by atoms with Crippen LogP contribution in [0.25, 0.3) is 10.9 Å². The van der Waals surface area contributed by atoms with Gasteiger partial charge in [0.25, 0.3) is 5.24 Å². The first-order chi connectivity index (χ1) is 7.63. The van der Waals surface area contributed by atoms with Crippen molar-refractivity contribution >= 4 is 27.7 Å². The second-order valence-electron chi connectivity index (χ2n) is 3.22. The zero-order chi connectivity index (χ0) is 11.7. The summed E-state index contributed by atoms with van der Waals surface area (Å²) in [4.78, 5) is 25.7. The highest BCUT2D eigenvalue weighted by Gasteiger charge is 2.10. The maximum Gasteiger partial charge on any atom is 0.257 e. The van der Waals surface area contributed by atoms with E-state index < -0.39 is 10.7 Å². The summed E-state index contributed by atoms with van der Waals surface area (Å²) in [6.07, 6.45) is 1.31. The first kappa shape index (κ1) is 10.7. The van der Waals surface area contributed by atoms with E-state index in [1.165, 1.54) is 13.3 Å². The van der Waals surface area contributed by atoms with E-state index in [-0.39, 0.29) is 5.56 Å². The van der Waals surface area contributed by atoms with E-state index in [9.17, 15) is 9.59 Å². The smallest absolute Gasteiger partial charge is 0.257 e. The van der Waals surface area contributed by atoms with Crippen LogP contribution in [-0.2, 0) is 0 Å². The second kappa shape index (κ2) is 3.98. The van der Waals surface area contributed by atoms with Crippen molar-refractivity contribution in [2.75, 3.05) is 7.11 Å². The first-order valence-corrected chi connectivity index (χ1v) is 4.90. The van der Waals surface area contributed by atoms with E-state index in [4.69, 9.17) is 16.3 Å². The lowest BCUT2D eigenvalue weighted by Gasteiger charge is -2.02. The summed E-state index contributed by atoms with van der Waals surface area (Å²) < 4.78 is 5.01. The SMILES string of the molecule is COc1ccc2[nH]cc(C(=O)Cl)c(=O)c2c1. The molecule has 0 aliphatic carbocycles. The van der Waals surface area contributed by atoms with Gasteiger partial charge in [-0.05, 0) is 29.8 Å². The minimum absolute atomic E-state index is 0.0672. The Labute approximate surface area is 95.8 Å². The van der Waals surface area contributed by atoms with Gasteiger partial charge in [-0.25, -0.2) is 0 Å². The van der Waals surface area contributed by atoms with E-state index in [2.05, 4.69) is 4.98 Å². The molecule has 1 aromatic carbocycles. The van der Waals surface area contributed by atoms with Crippen molar-refractivity contribution in [3.63, 3.8) is 0 Å². The fraction of sp³-hybridized carbons (Fsp3) is 0.0909. The van der Waals surface area contributed by atoms with Crippen molar-refractivity contribution in [3.05, 3.63) is 40.2 Å². The van der Waals surface area contributed by atoms with Gasteiger partial charge in [-0.1, -0.05) is 0 Å². The number of methoxy groups -OCH3 is 1. The molecule has 0 spiro atoms. The molecule has 1 aromatic heterocycles. The molecule has 0 saturated heterocycles. The summed E-state index contributed by atoms with van der Waals surface area (Å²) in [5, 5.41) is -0.392. The molecule has 82 valence electrons. The van der Waals surface area contributed by atoms with Crippen LogP contribution in [0.5, 0.6) is 5.75 Å². The van der Waals surface area contributed by atoms with Gasteiger partial charge in [0, 0.05) is 17.1 Å². The van der Waals surface area contributed by atoms with Crippen molar-refractivity contribution in [2.24, 2.45) is 0 Å². The minimum Gasteiger partial charge on any atom is -0.497 e. The van der Waals surface area contributed by atoms with Gasteiger partial charge in [-0.3, -0.25) is 9.59 Å². The van der Waals surface area contributed by atoms with Crippen LogP contribution in [0, 0.1) is 0 Å². The third kappa shape index (κ3) is 1.67. The van der Waals surface area contributed by atoms with Gasteiger partial charge in [0.05, 0.1) is 12.7 Å². The monoisotopic (exact) mass is 237 g/mol. The summed E-state index contributed by atoms with van der Waals surface area (Å²) in [6.45, 7) is 0. The lowest BCUT2D eigenvalue weighted by molar-refractivity contribution is 0.108. The topological polar surface area (TPSA) is 59.2 Å². The Bertz CT molecular complexity index is 618. The maximum atomic E-state index is 11.9. The minimum atomic E-state index is -0.772. The highest BCUT2D eigenvalue weighted by atomic mass is 35.5. The molecule has 0 amide bonds. The molecule has 16 heavy (non-hydrogen) atoms. The molecular weight excluding hydrogens is 230 g/mol. The Morgan fingerprint density at radius 3 is 2.81 bits per heavy atom. The van der Waals surface area contributed by atoms with Crippen molar-refractivity contribution in [2.45, 2.75) is 0 Å². The van der Waals surface area contributed by atoms with Gasteiger partial charge >= 0.3 is 0 Å². The number of benzene rings is 1. The standard InChI is InChI=1S/C11H8ClNO3/c1-16-6-2-3-9-7(4-6)10(14)8(5-13-9)11(12)15/h2-5H,1H3,(H,13,14). The average Bonchev–Trinajstić information content (AvgIpc) is 2.28. The number of hydrogen-bond acceptors (Lipinski definition) is 3. The van der Waals surface area contributed by atoms with Gasteiger partial charge in [-0.2, -0.15) is 0 Å². The van der Waals surface area contributed by atoms with E-state index in [0.29, 0.717) is 16.7 Å². The van der Waals surface area contributed by atoms with Crippen LogP contribution in [0.15, 0.2) is 29.2 Å². The largest absolute Gasteiger partial charge is 0.497 e. The van der Waals surface area contributed by atoms with Crippen LogP contribution in [0.2, 0.25) is 0 Å². The van der Waals surface area contributed by atoms with Crippen LogP contribution in [0.4, 0.5) is 0 Å². The fourth-order valence-corrected chi connectivity index (χ4v) is 1.61. The first-order valence-electron chi connectivity index (χ1n) is 4.52. The number of hydrogen-bond donors (Lipinski definition) is 1. The number of ether oxygens (including phenoxy) is 1. The van der Waals surface area contributed by atoms with E-state index in [1.54, 1.807) is 18.2 Å². The molecule has 0 fully saturated rings. The van der Waals surface area contributed by atoms with Crippen molar-refractivity contribution in [1.29, 1.82) is 0 Å². The van der Waals surface area contributed by atoms with Crippen LogP contribution in [0.1, 0.15) is 10.4 Å². The second-order valence-corrected chi connectivity index (χ2v) is 3.56. The molecule has 0 radical (unpaired) electrons. The van der Waals surface area contributed by atoms with Gasteiger partial charge in [-0.15, -0.1) is 0 Å². The Kier molecular flexibility index (Phi) is 2.66. The van der Waals surface area contributed by atoms with Crippen LogP contribution in [-0.4, -0.2) is 17.3 Å². The molecular formula is C11H8ClNO3. The normalized spacial score (nSPS) is 10.4. The lowest BCUT2D eigenvalue weighted by Crippen LogP contribution is -2.12. The molecule has 0 aliphatic heterocycles. The summed E-state index contributed by atoms with van der Waals surface area (Å²) >= 11 is 5.29. The highest BCUT2D eigenvalue weighted by Crippen LogP contribution is 2.16. The van der Waals surface area contributed by atoms with Crippen molar-refractivity contribution in [3.8, 4) is 5.75 Å². The number of H-pyrrole nitrogens is 1. The summed E-state index contributed by atoms with van der Waals surface area (Å²) in [5.41, 5.74) is 0.169. The Morgan fingerprint density at radius 1 is 1.44 bits per heavy atom.